The average molecular weight is 231 g/mol. The number of anilines is 1. The number of alkyl halides is 2. The molecule has 1 aliphatic rings. The first-order valence-electron chi connectivity index (χ1n) is 4.63. The van der Waals surface area contributed by atoms with E-state index in [-0.39, 0.29) is 5.75 Å². The van der Waals surface area contributed by atoms with Crippen LogP contribution in [0.25, 0.3) is 0 Å². The van der Waals surface area contributed by atoms with Gasteiger partial charge in [-0.3, -0.25) is 0 Å². The SMILES string of the molecule is Cc1cc2c(cc1OC(F)F)NCCS2. The molecular formula is C10H11F2NOS. The number of ether oxygens (including phenoxy) is 1. The number of nitrogens with one attached hydrogen (secondary N) is 1. The lowest BCUT2D eigenvalue weighted by Gasteiger charge is -2.19. The number of fused-ring (bicyclic) bond motifs is 1. The highest BCUT2D eigenvalue weighted by molar-refractivity contribution is 7.99. The lowest BCUT2D eigenvalue weighted by atomic mass is 10.2. The Hall–Kier alpha value is -0.970. The zero-order valence-corrected chi connectivity index (χ0v) is 9.04. The lowest BCUT2D eigenvalue weighted by Crippen LogP contribution is -2.11. The van der Waals surface area contributed by atoms with Gasteiger partial charge in [0.2, 0.25) is 0 Å². The van der Waals surface area contributed by atoms with Gasteiger partial charge in [0.15, 0.2) is 0 Å². The minimum atomic E-state index is -2.77. The Labute approximate surface area is 91.0 Å². The number of benzene rings is 1. The maximum atomic E-state index is 12.1. The average Bonchev–Trinajstić information content (AvgIpc) is 2.18. The van der Waals surface area contributed by atoms with Gasteiger partial charge in [-0.05, 0) is 18.6 Å². The summed E-state index contributed by atoms with van der Waals surface area (Å²) < 4.78 is 28.6. The van der Waals surface area contributed by atoms with Crippen LogP contribution in [0.15, 0.2) is 17.0 Å². The number of rotatable bonds is 2. The topological polar surface area (TPSA) is 21.3 Å². The summed E-state index contributed by atoms with van der Waals surface area (Å²) in [5, 5.41) is 3.16. The van der Waals surface area contributed by atoms with E-state index in [1.165, 1.54) is 0 Å². The van der Waals surface area contributed by atoms with E-state index in [1.54, 1.807) is 24.8 Å². The summed E-state index contributed by atoms with van der Waals surface area (Å²) >= 11 is 1.72. The van der Waals surface area contributed by atoms with E-state index in [4.69, 9.17) is 0 Å². The van der Waals surface area contributed by atoms with Crippen molar-refractivity contribution in [1.29, 1.82) is 0 Å². The Morgan fingerprint density at radius 2 is 2.27 bits per heavy atom. The summed E-state index contributed by atoms with van der Waals surface area (Å²) in [4.78, 5) is 1.10. The van der Waals surface area contributed by atoms with Crippen LogP contribution >= 0.6 is 11.8 Å². The van der Waals surface area contributed by atoms with Crippen molar-refractivity contribution < 1.29 is 13.5 Å². The molecule has 1 N–H and O–H groups in total. The molecule has 0 bridgehead atoms. The molecule has 0 saturated carbocycles. The fourth-order valence-electron chi connectivity index (χ4n) is 1.49. The van der Waals surface area contributed by atoms with Crippen LogP contribution in [0.1, 0.15) is 5.56 Å². The van der Waals surface area contributed by atoms with Gasteiger partial charge in [0.25, 0.3) is 0 Å². The highest BCUT2D eigenvalue weighted by Crippen LogP contribution is 2.36. The summed E-state index contributed by atoms with van der Waals surface area (Å²) in [6, 6.07) is 3.52. The molecule has 0 amide bonds. The number of aryl methyl sites for hydroxylation is 1. The van der Waals surface area contributed by atoms with Crippen LogP contribution in [0.3, 0.4) is 0 Å². The maximum absolute atomic E-state index is 12.1. The van der Waals surface area contributed by atoms with E-state index in [0.29, 0.717) is 0 Å². The zero-order valence-electron chi connectivity index (χ0n) is 8.22. The summed E-state index contributed by atoms with van der Waals surface area (Å²) in [7, 11) is 0. The molecule has 0 saturated heterocycles. The Kier molecular flexibility index (Phi) is 3.00. The number of thioether (sulfide) groups is 1. The molecule has 1 aromatic carbocycles. The van der Waals surface area contributed by atoms with Crippen LogP contribution in [0.5, 0.6) is 5.75 Å². The van der Waals surface area contributed by atoms with E-state index in [0.717, 1.165) is 28.4 Å². The van der Waals surface area contributed by atoms with Gasteiger partial charge < -0.3 is 10.1 Å². The van der Waals surface area contributed by atoms with Gasteiger partial charge >= 0.3 is 6.61 Å². The largest absolute Gasteiger partial charge is 0.434 e. The van der Waals surface area contributed by atoms with E-state index >= 15 is 0 Å². The van der Waals surface area contributed by atoms with Crippen molar-refractivity contribution in [2.24, 2.45) is 0 Å². The predicted molar refractivity (Wildman–Crippen MR) is 57.0 cm³/mol. The second-order valence-corrected chi connectivity index (χ2v) is 4.40. The maximum Gasteiger partial charge on any atom is 0.387 e. The van der Waals surface area contributed by atoms with Crippen LogP contribution in [-0.4, -0.2) is 18.9 Å². The second kappa shape index (κ2) is 4.26. The zero-order chi connectivity index (χ0) is 10.8. The fourth-order valence-corrected chi connectivity index (χ4v) is 2.46. The van der Waals surface area contributed by atoms with Crippen molar-refractivity contribution in [1.82, 2.24) is 0 Å². The third-order valence-corrected chi connectivity index (χ3v) is 3.23. The van der Waals surface area contributed by atoms with Crippen molar-refractivity contribution in [2.45, 2.75) is 18.4 Å². The van der Waals surface area contributed by atoms with Crippen LogP contribution in [-0.2, 0) is 0 Å². The fraction of sp³-hybridized carbons (Fsp3) is 0.400. The first-order valence-corrected chi connectivity index (χ1v) is 5.61. The molecule has 2 rings (SSSR count). The van der Waals surface area contributed by atoms with E-state index < -0.39 is 6.61 Å². The monoisotopic (exact) mass is 231 g/mol. The van der Waals surface area contributed by atoms with Gasteiger partial charge in [0.05, 0.1) is 5.69 Å². The molecule has 1 heterocycles. The molecule has 15 heavy (non-hydrogen) atoms. The van der Waals surface area contributed by atoms with Crippen molar-refractivity contribution >= 4 is 17.4 Å². The van der Waals surface area contributed by atoms with Crippen LogP contribution in [0.2, 0.25) is 0 Å². The van der Waals surface area contributed by atoms with E-state index in [9.17, 15) is 8.78 Å². The first kappa shape index (κ1) is 10.5. The summed E-state index contributed by atoms with van der Waals surface area (Å²) in [6.45, 7) is -0.139. The molecule has 0 aliphatic carbocycles. The third kappa shape index (κ3) is 2.34. The summed E-state index contributed by atoms with van der Waals surface area (Å²) in [5.74, 6) is 1.25. The normalized spacial score (nSPS) is 14.7. The van der Waals surface area contributed by atoms with E-state index in [2.05, 4.69) is 10.1 Å². The Morgan fingerprint density at radius 3 is 3.00 bits per heavy atom. The lowest BCUT2D eigenvalue weighted by molar-refractivity contribution is -0.0502. The third-order valence-electron chi connectivity index (χ3n) is 2.17. The molecule has 0 spiro atoms. The van der Waals surface area contributed by atoms with Crippen LogP contribution < -0.4 is 10.1 Å². The molecule has 2 nitrogen and oxygen atoms in total. The summed E-state index contributed by atoms with van der Waals surface area (Å²) in [5.41, 5.74) is 1.62. The minimum Gasteiger partial charge on any atom is -0.434 e. The minimum absolute atomic E-state index is 0.249. The number of halogens is 2. The quantitative estimate of drug-likeness (QED) is 0.845. The standard InChI is InChI=1S/C10H11F2NOS/c1-6-4-9-7(13-2-3-15-9)5-8(6)14-10(11)12/h4-5,10,13H,2-3H2,1H3. The highest BCUT2D eigenvalue weighted by Gasteiger charge is 2.14. The molecule has 0 fully saturated rings. The summed E-state index contributed by atoms with van der Waals surface area (Å²) in [6.07, 6.45) is 0. The molecule has 0 radical (unpaired) electrons. The van der Waals surface area contributed by atoms with Crippen molar-refractivity contribution in [3.8, 4) is 5.75 Å². The van der Waals surface area contributed by atoms with Gasteiger partial charge in [0.1, 0.15) is 5.75 Å². The van der Waals surface area contributed by atoms with Crippen molar-refractivity contribution in [3.63, 3.8) is 0 Å². The van der Waals surface area contributed by atoms with Gasteiger partial charge in [-0.25, -0.2) is 0 Å². The van der Waals surface area contributed by atoms with Gasteiger partial charge in [0, 0.05) is 23.3 Å². The van der Waals surface area contributed by atoms with Gasteiger partial charge in [-0.15, -0.1) is 11.8 Å². The van der Waals surface area contributed by atoms with Crippen molar-refractivity contribution in [2.75, 3.05) is 17.6 Å². The Bertz CT molecular complexity index is 371. The molecule has 0 unspecified atom stereocenters. The number of hydrogen-bond acceptors (Lipinski definition) is 3. The molecule has 1 aliphatic heterocycles. The van der Waals surface area contributed by atoms with E-state index in [1.807, 2.05) is 6.07 Å². The molecule has 1 aromatic rings. The van der Waals surface area contributed by atoms with Crippen LogP contribution in [0, 0.1) is 6.92 Å². The first-order chi connectivity index (χ1) is 7.16. The van der Waals surface area contributed by atoms with Gasteiger partial charge in [-0.1, -0.05) is 0 Å². The Morgan fingerprint density at radius 1 is 1.47 bits per heavy atom. The van der Waals surface area contributed by atoms with Gasteiger partial charge in [-0.2, -0.15) is 8.78 Å². The molecular weight excluding hydrogens is 220 g/mol. The molecule has 0 atom stereocenters. The second-order valence-electron chi connectivity index (χ2n) is 3.27. The molecule has 5 heteroatoms. The van der Waals surface area contributed by atoms with Crippen molar-refractivity contribution in [3.05, 3.63) is 17.7 Å². The smallest absolute Gasteiger partial charge is 0.387 e. The predicted octanol–water partition coefficient (Wildman–Crippen LogP) is 3.11. The molecule has 0 aromatic heterocycles. The Balaban J connectivity index is 2.32. The van der Waals surface area contributed by atoms with Crippen LogP contribution in [0.4, 0.5) is 14.5 Å². The number of hydrogen-bond donors (Lipinski definition) is 1. The highest BCUT2D eigenvalue weighted by atomic mass is 32.2. The molecule has 82 valence electrons.